The molecule has 0 bridgehead atoms. The lowest BCUT2D eigenvalue weighted by molar-refractivity contribution is -0.138. The smallest absolute Gasteiger partial charge is 0.222 e. The molecule has 8 heteroatoms. The van der Waals surface area contributed by atoms with E-state index in [0.29, 0.717) is 37.5 Å². The van der Waals surface area contributed by atoms with E-state index in [4.69, 9.17) is 14.2 Å². The number of nitrogens with zero attached hydrogens (tertiary/aromatic N) is 4. The zero-order valence-corrected chi connectivity index (χ0v) is 15.6. The van der Waals surface area contributed by atoms with Crippen molar-refractivity contribution >= 4 is 5.91 Å². The van der Waals surface area contributed by atoms with Crippen molar-refractivity contribution in [3.63, 3.8) is 0 Å². The van der Waals surface area contributed by atoms with Crippen LogP contribution in [0.5, 0.6) is 11.5 Å². The molecule has 1 saturated heterocycles. The largest absolute Gasteiger partial charge is 0.493 e. The van der Waals surface area contributed by atoms with Crippen LogP contribution in [-0.2, 0) is 22.6 Å². The summed E-state index contributed by atoms with van der Waals surface area (Å²) in [6.07, 6.45) is 3.78. The van der Waals surface area contributed by atoms with E-state index in [1.54, 1.807) is 20.4 Å². The van der Waals surface area contributed by atoms with E-state index in [2.05, 4.69) is 10.3 Å². The summed E-state index contributed by atoms with van der Waals surface area (Å²) in [4.78, 5) is 14.7. The quantitative estimate of drug-likeness (QED) is 0.793. The van der Waals surface area contributed by atoms with Crippen LogP contribution >= 0.6 is 0 Å². The Morgan fingerprint density at radius 2 is 2.15 bits per heavy atom. The van der Waals surface area contributed by atoms with Crippen LogP contribution in [-0.4, -0.2) is 59.2 Å². The predicted octanol–water partition coefficient (Wildman–Crippen LogP) is 1.60. The van der Waals surface area contributed by atoms with Crippen LogP contribution in [0.3, 0.4) is 0 Å². The molecule has 1 aromatic carbocycles. The first kappa shape index (κ1) is 17.8. The summed E-state index contributed by atoms with van der Waals surface area (Å²) < 4.78 is 18.4. The van der Waals surface area contributed by atoms with E-state index in [1.807, 2.05) is 27.8 Å². The fourth-order valence-corrected chi connectivity index (χ4v) is 3.85. The normalized spacial score (nSPS) is 21.3. The van der Waals surface area contributed by atoms with E-state index in [-0.39, 0.29) is 18.1 Å². The van der Waals surface area contributed by atoms with Crippen molar-refractivity contribution in [1.82, 2.24) is 19.9 Å². The topological polar surface area (TPSA) is 78.7 Å². The maximum atomic E-state index is 12.8. The molecular formula is C19H24N4O4. The third-order valence-electron chi connectivity index (χ3n) is 5.36. The molecule has 2 atom stereocenters. The van der Waals surface area contributed by atoms with Crippen LogP contribution in [0.4, 0.5) is 0 Å². The Hall–Kier alpha value is -2.61. The molecule has 0 spiro atoms. The Morgan fingerprint density at radius 3 is 2.96 bits per heavy atom. The summed E-state index contributed by atoms with van der Waals surface area (Å²) in [6, 6.07) is 5.82. The van der Waals surface area contributed by atoms with Gasteiger partial charge in [0.05, 0.1) is 44.9 Å². The first-order valence-corrected chi connectivity index (χ1v) is 9.19. The van der Waals surface area contributed by atoms with E-state index >= 15 is 0 Å². The van der Waals surface area contributed by atoms with Crippen molar-refractivity contribution in [2.24, 2.45) is 0 Å². The van der Waals surface area contributed by atoms with Gasteiger partial charge in [-0.15, -0.1) is 5.10 Å². The molecule has 0 unspecified atom stereocenters. The number of rotatable bonds is 5. The molecule has 27 heavy (non-hydrogen) atoms. The van der Waals surface area contributed by atoms with Gasteiger partial charge < -0.3 is 19.1 Å². The number of carbonyl (C=O) groups is 1. The molecule has 1 fully saturated rings. The van der Waals surface area contributed by atoms with Gasteiger partial charge in [-0.2, -0.15) is 0 Å². The lowest BCUT2D eigenvalue weighted by Gasteiger charge is -2.41. The van der Waals surface area contributed by atoms with Crippen LogP contribution in [0.2, 0.25) is 0 Å². The average Bonchev–Trinajstić information content (AvgIpc) is 3.20. The number of likely N-dealkylation sites (tertiary alicyclic amines) is 1. The fourth-order valence-electron chi connectivity index (χ4n) is 3.85. The molecule has 1 amide bonds. The second-order valence-electron chi connectivity index (χ2n) is 6.90. The highest BCUT2D eigenvalue weighted by atomic mass is 16.5. The van der Waals surface area contributed by atoms with Gasteiger partial charge in [-0.1, -0.05) is 11.3 Å². The van der Waals surface area contributed by atoms with Crippen molar-refractivity contribution in [2.75, 3.05) is 27.3 Å². The Bertz CT molecular complexity index is 822. The molecule has 1 aromatic heterocycles. The molecule has 0 N–H and O–H groups in total. The molecule has 2 aliphatic rings. The molecule has 144 valence electrons. The van der Waals surface area contributed by atoms with Crippen molar-refractivity contribution in [3.05, 3.63) is 35.7 Å². The molecule has 4 rings (SSSR count). The highest BCUT2D eigenvalue weighted by Gasteiger charge is 2.37. The van der Waals surface area contributed by atoms with E-state index < -0.39 is 0 Å². The Labute approximate surface area is 158 Å². The predicted molar refractivity (Wildman–Crippen MR) is 96.7 cm³/mol. The second-order valence-corrected chi connectivity index (χ2v) is 6.90. The number of hydrogen-bond donors (Lipinski definition) is 0. The lowest BCUT2D eigenvalue weighted by atomic mass is 9.99. The summed E-state index contributed by atoms with van der Waals surface area (Å²) in [5.41, 5.74) is 2.02. The average molecular weight is 372 g/mol. The summed E-state index contributed by atoms with van der Waals surface area (Å²) in [7, 11) is 3.22. The van der Waals surface area contributed by atoms with E-state index in [0.717, 1.165) is 24.2 Å². The number of ether oxygens (including phenoxy) is 3. The number of carbonyl (C=O) groups excluding carboxylic acids is 1. The monoisotopic (exact) mass is 372 g/mol. The number of aromatic nitrogens is 3. The molecule has 0 aliphatic carbocycles. The molecule has 0 saturated carbocycles. The number of aryl methyl sites for hydroxylation is 1. The van der Waals surface area contributed by atoms with Gasteiger partial charge in [0, 0.05) is 19.5 Å². The number of piperidine rings is 1. The Balaban J connectivity index is 1.38. The number of fused-ring (bicyclic) bond motifs is 3. The minimum absolute atomic E-state index is 0.0510. The van der Waals surface area contributed by atoms with Gasteiger partial charge in [0.25, 0.3) is 0 Å². The summed E-state index contributed by atoms with van der Waals surface area (Å²) in [5, 5.41) is 8.17. The number of amides is 1. The standard InChI is InChI=1S/C19H24N4O4/c1-25-17-5-3-13(9-18(17)26-2)4-6-19(24)22-8-7-16-15(11-22)23-14(12-27-16)10-20-21-23/h3,5,9-10,15-16H,4,6-8,11-12H2,1-2H3/t15-,16-/m0/s1. The maximum absolute atomic E-state index is 12.8. The van der Waals surface area contributed by atoms with Gasteiger partial charge >= 0.3 is 0 Å². The van der Waals surface area contributed by atoms with Crippen LogP contribution in [0.25, 0.3) is 0 Å². The van der Waals surface area contributed by atoms with E-state index in [9.17, 15) is 4.79 Å². The maximum Gasteiger partial charge on any atom is 0.222 e. The van der Waals surface area contributed by atoms with Crippen LogP contribution in [0.15, 0.2) is 24.4 Å². The Kier molecular flexibility index (Phi) is 4.98. The van der Waals surface area contributed by atoms with Crippen LogP contribution in [0.1, 0.15) is 30.1 Å². The zero-order valence-electron chi connectivity index (χ0n) is 15.6. The lowest BCUT2D eigenvalue weighted by Crippen LogP contribution is -2.49. The van der Waals surface area contributed by atoms with Crippen molar-refractivity contribution in [1.29, 1.82) is 0 Å². The van der Waals surface area contributed by atoms with Gasteiger partial charge in [0.15, 0.2) is 11.5 Å². The first-order chi connectivity index (χ1) is 13.2. The summed E-state index contributed by atoms with van der Waals surface area (Å²) in [6.45, 7) is 1.88. The molecule has 8 nitrogen and oxygen atoms in total. The van der Waals surface area contributed by atoms with Gasteiger partial charge in [-0.25, -0.2) is 4.68 Å². The molecule has 0 radical (unpaired) electrons. The molecular weight excluding hydrogens is 348 g/mol. The molecule has 2 aromatic rings. The van der Waals surface area contributed by atoms with Crippen LogP contribution in [0, 0.1) is 0 Å². The first-order valence-electron chi connectivity index (χ1n) is 9.19. The summed E-state index contributed by atoms with van der Waals surface area (Å²) in [5.74, 6) is 1.52. The summed E-state index contributed by atoms with van der Waals surface area (Å²) >= 11 is 0. The van der Waals surface area contributed by atoms with Crippen molar-refractivity contribution < 1.29 is 19.0 Å². The molecule has 2 aliphatic heterocycles. The van der Waals surface area contributed by atoms with Gasteiger partial charge in [-0.05, 0) is 30.5 Å². The molecule has 3 heterocycles. The van der Waals surface area contributed by atoms with Gasteiger partial charge in [-0.3, -0.25) is 4.79 Å². The fraction of sp³-hybridized carbons (Fsp3) is 0.526. The van der Waals surface area contributed by atoms with Gasteiger partial charge in [0.1, 0.15) is 0 Å². The third kappa shape index (κ3) is 3.49. The van der Waals surface area contributed by atoms with Crippen molar-refractivity contribution in [2.45, 2.75) is 38.0 Å². The number of hydrogen-bond acceptors (Lipinski definition) is 6. The number of methoxy groups -OCH3 is 2. The van der Waals surface area contributed by atoms with E-state index in [1.165, 1.54) is 0 Å². The van der Waals surface area contributed by atoms with Crippen molar-refractivity contribution in [3.8, 4) is 11.5 Å². The highest BCUT2D eigenvalue weighted by Crippen LogP contribution is 2.31. The van der Waals surface area contributed by atoms with Gasteiger partial charge in [0.2, 0.25) is 5.91 Å². The number of benzene rings is 1. The minimum Gasteiger partial charge on any atom is -0.493 e. The SMILES string of the molecule is COc1ccc(CCC(=O)N2CC[C@@H]3OCc4cnnn4[C@H]3C2)cc1OC. The highest BCUT2D eigenvalue weighted by molar-refractivity contribution is 5.76. The minimum atomic E-state index is 0.0510. The zero-order chi connectivity index (χ0) is 18.8. The second kappa shape index (κ2) is 7.56. The van der Waals surface area contributed by atoms with Crippen LogP contribution < -0.4 is 9.47 Å². The Morgan fingerprint density at radius 1 is 1.30 bits per heavy atom. The third-order valence-corrected chi connectivity index (χ3v) is 5.36.